The third-order valence-corrected chi connectivity index (χ3v) is 6.42. The molecule has 5 heterocycles. The molecule has 0 amide bonds. The summed E-state index contributed by atoms with van der Waals surface area (Å²) in [7, 11) is 0. The van der Waals surface area contributed by atoms with Gasteiger partial charge in [0.25, 0.3) is 0 Å². The third-order valence-electron chi connectivity index (χ3n) is 6.42. The van der Waals surface area contributed by atoms with E-state index in [0.29, 0.717) is 17.8 Å². The molecular formula is C23H25N7. The molecule has 4 aromatic heterocycles. The monoisotopic (exact) mass is 399 g/mol. The molecule has 1 aliphatic carbocycles. The molecule has 2 fully saturated rings. The molecule has 4 aromatic rings. The molecule has 0 bridgehead atoms. The van der Waals surface area contributed by atoms with Gasteiger partial charge in [0.15, 0.2) is 0 Å². The second kappa shape index (κ2) is 6.93. The van der Waals surface area contributed by atoms with Gasteiger partial charge in [0, 0.05) is 37.6 Å². The highest BCUT2D eigenvalue weighted by Crippen LogP contribution is 2.40. The van der Waals surface area contributed by atoms with E-state index in [0.717, 1.165) is 42.5 Å². The van der Waals surface area contributed by atoms with Crippen LogP contribution in [0.2, 0.25) is 0 Å². The lowest BCUT2D eigenvalue weighted by molar-refractivity contribution is 0.398. The summed E-state index contributed by atoms with van der Waals surface area (Å²) in [4.78, 5) is 16.5. The van der Waals surface area contributed by atoms with E-state index in [1.54, 1.807) is 0 Å². The van der Waals surface area contributed by atoms with Gasteiger partial charge in [-0.25, -0.2) is 15.0 Å². The number of aromatic amines is 1. The Kier molecular flexibility index (Phi) is 4.07. The van der Waals surface area contributed by atoms with Crippen LogP contribution in [0.4, 0.5) is 5.95 Å². The lowest BCUT2D eigenvalue weighted by Gasteiger charge is -2.36. The maximum absolute atomic E-state index is 4.96. The number of pyridine rings is 1. The quantitative estimate of drug-likeness (QED) is 0.561. The van der Waals surface area contributed by atoms with E-state index in [1.807, 2.05) is 30.9 Å². The predicted octanol–water partition coefficient (Wildman–Crippen LogP) is 4.02. The van der Waals surface area contributed by atoms with E-state index in [4.69, 9.17) is 4.98 Å². The Morgan fingerprint density at radius 2 is 1.93 bits per heavy atom. The zero-order chi connectivity index (χ0) is 20.1. The number of H-pyrrole nitrogens is 1. The van der Waals surface area contributed by atoms with Gasteiger partial charge in [-0.1, -0.05) is 13.0 Å². The van der Waals surface area contributed by atoms with Crippen LogP contribution in [0.15, 0.2) is 49.2 Å². The Labute approximate surface area is 175 Å². The molecule has 2 aliphatic rings. The highest BCUT2D eigenvalue weighted by atomic mass is 15.3. The Bertz CT molecular complexity index is 1180. The summed E-state index contributed by atoms with van der Waals surface area (Å²) in [6.07, 6.45) is 13.7. The maximum atomic E-state index is 4.96. The highest BCUT2D eigenvalue weighted by Gasteiger charge is 2.28. The molecular weight excluding hydrogens is 374 g/mol. The predicted molar refractivity (Wildman–Crippen MR) is 116 cm³/mol. The molecule has 1 saturated carbocycles. The van der Waals surface area contributed by atoms with E-state index < -0.39 is 0 Å². The molecule has 0 radical (unpaired) electrons. The van der Waals surface area contributed by atoms with Crippen LogP contribution in [-0.2, 0) is 0 Å². The average Bonchev–Trinajstić information content (AvgIpc) is 3.31. The van der Waals surface area contributed by atoms with Gasteiger partial charge in [0.2, 0.25) is 5.95 Å². The van der Waals surface area contributed by atoms with Crippen LogP contribution in [-0.4, -0.2) is 42.6 Å². The average molecular weight is 400 g/mol. The van der Waals surface area contributed by atoms with Crippen molar-refractivity contribution in [3.63, 3.8) is 0 Å². The second-order valence-electron chi connectivity index (χ2n) is 8.82. The molecule has 7 nitrogen and oxygen atoms in total. The standard InChI is InChI=1S/C23H25N7/c1-15-8-18(19-9-26-27-10-19)13-29(12-15)23-24-7-6-20(28-23)21-11-25-22-5-4-17(14-30(21)22)16-2-3-16/h4-7,9-11,14-16,18H,2-3,8,12-13H2,1H3,(H,26,27)/t15-,18-/m1/s1. The summed E-state index contributed by atoms with van der Waals surface area (Å²) in [5, 5.41) is 7.08. The zero-order valence-electron chi connectivity index (χ0n) is 17.1. The first-order valence-electron chi connectivity index (χ1n) is 10.8. The summed E-state index contributed by atoms with van der Waals surface area (Å²) in [5.74, 6) is 2.51. The van der Waals surface area contributed by atoms with E-state index in [2.05, 4.69) is 54.7 Å². The van der Waals surface area contributed by atoms with Crippen molar-refractivity contribution in [1.29, 1.82) is 0 Å². The topological polar surface area (TPSA) is 75.0 Å². The van der Waals surface area contributed by atoms with E-state index in [9.17, 15) is 0 Å². The maximum Gasteiger partial charge on any atom is 0.225 e. The van der Waals surface area contributed by atoms with E-state index in [1.165, 1.54) is 24.0 Å². The van der Waals surface area contributed by atoms with Gasteiger partial charge < -0.3 is 4.90 Å². The van der Waals surface area contributed by atoms with Gasteiger partial charge >= 0.3 is 0 Å². The number of nitrogens with one attached hydrogen (secondary N) is 1. The minimum Gasteiger partial charge on any atom is -0.340 e. The Morgan fingerprint density at radius 1 is 1.00 bits per heavy atom. The number of hydrogen-bond acceptors (Lipinski definition) is 5. The summed E-state index contributed by atoms with van der Waals surface area (Å²) in [6.45, 7) is 4.18. The summed E-state index contributed by atoms with van der Waals surface area (Å²) >= 11 is 0. The van der Waals surface area contributed by atoms with E-state index >= 15 is 0 Å². The number of anilines is 1. The number of aromatic nitrogens is 6. The van der Waals surface area contributed by atoms with Crippen LogP contribution in [0.1, 0.15) is 49.1 Å². The molecule has 2 atom stereocenters. The summed E-state index contributed by atoms with van der Waals surface area (Å²) < 4.78 is 2.17. The fourth-order valence-electron chi connectivity index (χ4n) is 4.73. The first kappa shape index (κ1) is 17.6. The SMILES string of the molecule is C[C@@H]1C[C@@H](c2cn[nH]c2)CN(c2nccc(-c3cnc4ccc(C5CC5)cn34)n2)C1. The smallest absolute Gasteiger partial charge is 0.225 e. The van der Waals surface area contributed by atoms with Crippen LogP contribution >= 0.6 is 0 Å². The largest absolute Gasteiger partial charge is 0.340 e. The van der Waals surface area contributed by atoms with Crippen molar-refractivity contribution < 1.29 is 0 Å². The number of rotatable bonds is 4. The molecule has 30 heavy (non-hydrogen) atoms. The normalized spacial score (nSPS) is 22.0. The molecule has 1 aliphatic heterocycles. The number of imidazole rings is 1. The van der Waals surface area contributed by atoms with Gasteiger partial charge in [0.1, 0.15) is 5.65 Å². The lowest BCUT2D eigenvalue weighted by Crippen LogP contribution is -2.39. The number of hydrogen-bond donors (Lipinski definition) is 1. The minimum absolute atomic E-state index is 0.441. The first-order chi connectivity index (χ1) is 14.7. The zero-order valence-corrected chi connectivity index (χ0v) is 17.1. The number of fused-ring (bicyclic) bond motifs is 1. The minimum atomic E-state index is 0.441. The highest BCUT2D eigenvalue weighted by molar-refractivity contribution is 5.61. The van der Waals surface area contributed by atoms with Gasteiger partial charge in [-0.3, -0.25) is 9.50 Å². The molecule has 0 aromatic carbocycles. The van der Waals surface area contributed by atoms with Crippen molar-refractivity contribution in [2.45, 2.75) is 38.0 Å². The summed E-state index contributed by atoms with van der Waals surface area (Å²) in [6, 6.07) is 6.30. The van der Waals surface area contributed by atoms with Crippen molar-refractivity contribution >= 4 is 11.6 Å². The van der Waals surface area contributed by atoms with Crippen molar-refractivity contribution in [3.8, 4) is 11.4 Å². The van der Waals surface area contributed by atoms with Gasteiger partial charge in [-0.2, -0.15) is 5.10 Å². The first-order valence-corrected chi connectivity index (χ1v) is 10.8. The third kappa shape index (κ3) is 3.14. The van der Waals surface area contributed by atoms with Crippen LogP contribution in [0.25, 0.3) is 17.0 Å². The molecule has 6 rings (SSSR count). The summed E-state index contributed by atoms with van der Waals surface area (Å²) in [5.41, 5.74) is 5.55. The second-order valence-corrected chi connectivity index (χ2v) is 8.82. The molecule has 0 unspecified atom stereocenters. The van der Waals surface area contributed by atoms with Crippen molar-refractivity contribution in [2.75, 3.05) is 18.0 Å². The number of piperidine rings is 1. The van der Waals surface area contributed by atoms with Gasteiger partial charge in [-0.05, 0) is 54.4 Å². The fraction of sp³-hybridized carbons (Fsp3) is 0.391. The van der Waals surface area contributed by atoms with Crippen molar-refractivity contribution in [2.24, 2.45) is 5.92 Å². The van der Waals surface area contributed by atoms with Crippen LogP contribution < -0.4 is 4.90 Å². The van der Waals surface area contributed by atoms with E-state index in [-0.39, 0.29) is 0 Å². The molecule has 0 spiro atoms. The Hall–Kier alpha value is -3.22. The van der Waals surface area contributed by atoms with Crippen LogP contribution in [0, 0.1) is 5.92 Å². The molecule has 1 saturated heterocycles. The molecule has 7 heteroatoms. The number of nitrogens with zero attached hydrogens (tertiary/aromatic N) is 6. The van der Waals surface area contributed by atoms with Gasteiger partial charge in [-0.15, -0.1) is 0 Å². The van der Waals surface area contributed by atoms with Gasteiger partial charge in [0.05, 0.1) is 23.8 Å². The van der Waals surface area contributed by atoms with Crippen molar-refractivity contribution in [3.05, 3.63) is 60.3 Å². The Morgan fingerprint density at radius 3 is 2.77 bits per heavy atom. The van der Waals surface area contributed by atoms with Crippen LogP contribution in [0.5, 0.6) is 0 Å². The lowest BCUT2D eigenvalue weighted by atomic mass is 9.87. The van der Waals surface area contributed by atoms with Crippen molar-refractivity contribution in [1.82, 2.24) is 29.5 Å². The molecule has 152 valence electrons. The Balaban J connectivity index is 1.34. The fourth-order valence-corrected chi connectivity index (χ4v) is 4.73. The molecule has 1 N–H and O–H groups in total. The van der Waals surface area contributed by atoms with Crippen LogP contribution in [0.3, 0.4) is 0 Å².